The minimum Gasteiger partial charge on any atom is -0.543 e. The Balaban J connectivity index is 2.42. The minimum absolute atomic E-state index is 0.0222. The average molecular weight is 527 g/mol. The van der Waals surface area contributed by atoms with Crippen molar-refractivity contribution in [1.29, 1.82) is 0 Å². The third-order valence-corrected chi connectivity index (χ3v) is 16.6. The zero-order valence-corrected chi connectivity index (χ0v) is 25.3. The van der Waals surface area contributed by atoms with Gasteiger partial charge in [0.2, 0.25) is 8.32 Å². The molecule has 1 saturated heterocycles. The molecule has 7 nitrogen and oxygen atoms in total. The van der Waals surface area contributed by atoms with E-state index in [4.69, 9.17) is 18.3 Å². The Hall–Kier alpha value is -1.24. The first kappa shape index (κ1) is 30.0. The predicted octanol–water partition coefficient (Wildman–Crippen LogP) is 5.19. The molecule has 0 aliphatic carbocycles. The third-order valence-electron chi connectivity index (χ3n) is 7.80. The molecule has 1 aliphatic heterocycles. The van der Waals surface area contributed by atoms with E-state index in [0.29, 0.717) is 11.3 Å². The van der Waals surface area contributed by atoms with Gasteiger partial charge in [0.25, 0.3) is 0 Å². The van der Waals surface area contributed by atoms with Crippen molar-refractivity contribution < 1.29 is 33.3 Å². The highest BCUT2D eigenvalue weighted by Crippen LogP contribution is 2.43. The van der Waals surface area contributed by atoms with Crippen molar-refractivity contribution in [1.82, 2.24) is 0 Å². The molecule has 1 aliphatic rings. The highest BCUT2D eigenvalue weighted by atomic mass is 28.4. The number of hydrogen-bond donors (Lipinski definition) is 2. The van der Waals surface area contributed by atoms with Crippen LogP contribution in [-0.4, -0.2) is 63.8 Å². The average Bonchev–Trinajstić information content (AvgIpc) is 2.69. The van der Waals surface area contributed by atoms with Crippen LogP contribution in [0.15, 0.2) is 24.3 Å². The first-order valence-corrected chi connectivity index (χ1v) is 18.2. The summed E-state index contributed by atoms with van der Waals surface area (Å²) in [6.07, 6.45) is -5.32. The number of carbonyl (C=O) groups excluding carboxylic acids is 1. The van der Waals surface area contributed by atoms with E-state index in [2.05, 4.69) is 67.7 Å². The van der Waals surface area contributed by atoms with Crippen LogP contribution in [0.25, 0.3) is 0 Å². The fourth-order valence-corrected chi connectivity index (χ4v) is 5.47. The maximum Gasteiger partial charge on any atom is 0.303 e. The predicted molar refractivity (Wildman–Crippen MR) is 143 cm³/mol. The van der Waals surface area contributed by atoms with E-state index in [-0.39, 0.29) is 16.7 Å². The molecule has 0 radical (unpaired) electrons. The van der Waals surface area contributed by atoms with Crippen molar-refractivity contribution in [2.24, 2.45) is 0 Å². The van der Waals surface area contributed by atoms with Crippen molar-refractivity contribution in [3.05, 3.63) is 29.8 Å². The normalized spacial score (nSPS) is 26.4. The molecule has 200 valence electrons. The maximum absolute atomic E-state index is 11.8. The zero-order valence-electron chi connectivity index (χ0n) is 23.3. The van der Waals surface area contributed by atoms with Gasteiger partial charge in [0, 0.05) is 12.5 Å². The van der Waals surface area contributed by atoms with Gasteiger partial charge < -0.3 is 28.5 Å². The second kappa shape index (κ2) is 10.6. The van der Waals surface area contributed by atoms with Crippen molar-refractivity contribution in [2.75, 3.05) is 6.61 Å². The molecule has 2 rings (SSSR count). The fourth-order valence-electron chi connectivity index (χ4n) is 3.41. The Morgan fingerprint density at radius 3 is 2.00 bits per heavy atom. The van der Waals surface area contributed by atoms with E-state index in [1.165, 1.54) is 6.92 Å². The number of para-hydroxylation sites is 1. The number of carbonyl (C=O) groups is 1. The van der Waals surface area contributed by atoms with E-state index in [1.807, 2.05) is 24.3 Å². The van der Waals surface area contributed by atoms with Gasteiger partial charge >= 0.3 is 5.97 Å². The Kier molecular flexibility index (Phi) is 9.11. The summed E-state index contributed by atoms with van der Waals surface area (Å²) in [5.74, 6) is 0.0765. The summed E-state index contributed by atoms with van der Waals surface area (Å²) in [5, 5.41) is 22.1. The van der Waals surface area contributed by atoms with Crippen LogP contribution >= 0.6 is 0 Å². The van der Waals surface area contributed by atoms with Crippen LogP contribution < -0.4 is 4.43 Å². The molecule has 5 atom stereocenters. The summed E-state index contributed by atoms with van der Waals surface area (Å²) in [7, 11) is -4.33. The van der Waals surface area contributed by atoms with E-state index in [1.54, 1.807) is 0 Å². The molecular weight excluding hydrogens is 480 g/mol. The van der Waals surface area contributed by atoms with Crippen molar-refractivity contribution in [2.45, 2.75) is 115 Å². The first-order valence-electron chi connectivity index (χ1n) is 12.4. The summed E-state index contributed by atoms with van der Waals surface area (Å²) in [4.78, 5) is 11.8. The molecule has 1 aromatic carbocycles. The lowest BCUT2D eigenvalue weighted by Gasteiger charge is -2.45. The smallest absolute Gasteiger partial charge is 0.303 e. The lowest BCUT2D eigenvalue weighted by Crippen LogP contribution is -2.58. The summed E-state index contributed by atoms with van der Waals surface area (Å²) >= 11 is 0. The fraction of sp³-hybridized carbons (Fsp3) is 0.731. The van der Waals surface area contributed by atoms with Crippen LogP contribution in [0.3, 0.4) is 0 Å². The van der Waals surface area contributed by atoms with Crippen LogP contribution in [0.2, 0.25) is 36.3 Å². The molecule has 35 heavy (non-hydrogen) atoms. The Labute approximate surface area is 213 Å². The van der Waals surface area contributed by atoms with Crippen LogP contribution in [0, 0.1) is 0 Å². The van der Waals surface area contributed by atoms with Gasteiger partial charge in [-0.25, -0.2) is 0 Å². The number of aliphatic hydroxyl groups excluding tert-OH is 2. The molecule has 0 unspecified atom stereocenters. The quantitative estimate of drug-likeness (QED) is 0.373. The second-order valence-electron chi connectivity index (χ2n) is 12.6. The largest absolute Gasteiger partial charge is 0.543 e. The lowest BCUT2D eigenvalue weighted by atomic mass is 9.90. The molecule has 0 saturated carbocycles. The van der Waals surface area contributed by atoms with Gasteiger partial charge in [-0.05, 0) is 42.3 Å². The Morgan fingerprint density at radius 2 is 1.49 bits per heavy atom. The van der Waals surface area contributed by atoms with Gasteiger partial charge in [0.1, 0.15) is 30.2 Å². The van der Waals surface area contributed by atoms with E-state index >= 15 is 0 Å². The van der Waals surface area contributed by atoms with Crippen molar-refractivity contribution in [3.8, 4) is 5.75 Å². The van der Waals surface area contributed by atoms with Crippen LogP contribution in [0.5, 0.6) is 5.75 Å². The summed E-state index contributed by atoms with van der Waals surface area (Å²) < 4.78 is 24.7. The molecule has 1 heterocycles. The second-order valence-corrected chi connectivity index (χ2v) is 22.2. The first-order chi connectivity index (χ1) is 15.8. The molecular formula is C26H46O7Si2. The number of aliphatic hydroxyl groups is 2. The molecule has 0 amide bonds. The van der Waals surface area contributed by atoms with Gasteiger partial charge in [-0.1, -0.05) is 59.7 Å². The topological polar surface area (TPSA) is 94.5 Å². The zero-order chi connectivity index (χ0) is 27.0. The Bertz CT molecular complexity index is 873. The number of rotatable bonds is 7. The highest BCUT2D eigenvalue weighted by Gasteiger charge is 2.49. The van der Waals surface area contributed by atoms with Gasteiger partial charge in [-0.2, -0.15) is 0 Å². The van der Waals surface area contributed by atoms with Gasteiger partial charge in [-0.15, -0.1) is 0 Å². The van der Waals surface area contributed by atoms with Crippen molar-refractivity contribution >= 4 is 22.6 Å². The molecule has 9 heteroatoms. The van der Waals surface area contributed by atoms with Gasteiger partial charge in [0.05, 0.1) is 6.61 Å². The molecule has 2 N–H and O–H groups in total. The third kappa shape index (κ3) is 6.96. The van der Waals surface area contributed by atoms with E-state index < -0.39 is 53.1 Å². The van der Waals surface area contributed by atoms with Crippen molar-refractivity contribution in [3.63, 3.8) is 0 Å². The van der Waals surface area contributed by atoms with Crippen LogP contribution in [0.4, 0.5) is 0 Å². The lowest BCUT2D eigenvalue weighted by molar-refractivity contribution is -0.240. The monoisotopic (exact) mass is 526 g/mol. The molecule has 1 aromatic rings. The van der Waals surface area contributed by atoms with E-state index in [9.17, 15) is 15.0 Å². The summed E-state index contributed by atoms with van der Waals surface area (Å²) in [6.45, 7) is 22.9. The molecule has 0 bridgehead atoms. The number of ether oxygens (including phenoxy) is 2. The summed E-state index contributed by atoms with van der Waals surface area (Å²) in [6, 6.07) is 7.46. The number of esters is 1. The molecule has 0 aromatic heterocycles. The molecule has 1 fully saturated rings. The van der Waals surface area contributed by atoms with Gasteiger partial charge in [0.15, 0.2) is 14.4 Å². The molecule has 0 spiro atoms. The number of hydrogen-bond acceptors (Lipinski definition) is 7. The highest BCUT2D eigenvalue weighted by molar-refractivity contribution is 6.75. The van der Waals surface area contributed by atoms with Crippen LogP contribution in [-0.2, 0) is 18.7 Å². The maximum atomic E-state index is 11.8. The van der Waals surface area contributed by atoms with Crippen LogP contribution in [0.1, 0.15) is 60.1 Å². The SMILES string of the molecule is CC(=O)O[C@H]1[C@H](O)[C@H](O)[C@@H](c2ccccc2O[Si](C)(C)C(C)(C)C)O[C@@H]1CO[Si](C)(C)C(C)(C)C. The summed E-state index contributed by atoms with van der Waals surface area (Å²) in [5.41, 5.74) is 0.655. The Morgan fingerprint density at radius 1 is 0.943 bits per heavy atom. The van der Waals surface area contributed by atoms with E-state index in [0.717, 1.165) is 0 Å². The standard InChI is InChI=1S/C26H46O7Si2/c1-17(27)31-24-20(16-30-34(8,9)25(2,3)4)32-23(21(28)22(24)29)18-14-12-13-15-19(18)33-35(10,11)26(5,6)7/h12-15,20-24,28-29H,16H2,1-11H3/t20-,21+,22-,23-,24-/m1/s1. The van der Waals surface area contributed by atoms with Gasteiger partial charge in [-0.3, -0.25) is 4.79 Å². The number of benzene rings is 1. The minimum atomic E-state index is -2.18.